The molecule has 5 nitrogen and oxygen atoms in total. The molecule has 0 saturated carbocycles. The van der Waals surface area contributed by atoms with Gasteiger partial charge in [-0.2, -0.15) is 9.28 Å². The zero-order valence-corrected chi connectivity index (χ0v) is 13.1. The van der Waals surface area contributed by atoms with Crippen LogP contribution >= 0.6 is 11.3 Å². The molecule has 1 fully saturated rings. The maximum Gasteiger partial charge on any atom is 0.521 e. The van der Waals surface area contributed by atoms with Crippen LogP contribution in [0.25, 0.3) is 0 Å². The first-order chi connectivity index (χ1) is 9.89. The van der Waals surface area contributed by atoms with Crippen molar-refractivity contribution in [1.29, 1.82) is 0 Å². The molecule has 1 aromatic heterocycles. The van der Waals surface area contributed by atoms with Crippen LogP contribution in [-0.2, 0) is 4.79 Å². The molecule has 21 heavy (non-hydrogen) atoms. The zero-order valence-electron chi connectivity index (χ0n) is 12.2. The molecule has 1 N–H and O–H groups in total. The fourth-order valence-corrected chi connectivity index (χ4v) is 3.75. The van der Waals surface area contributed by atoms with Crippen LogP contribution < -0.4 is 0 Å². The van der Waals surface area contributed by atoms with Gasteiger partial charge in [0.25, 0.3) is 0 Å². The predicted octanol–water partition coefficient (Wildman–Crippen LogP) is 3.16. The van der Waals surface area contributed by atoms with Gasteiger partial charge in [0, 0.05) is 19.3 Å². The van der Waals surface area contributed by atoms with E-state index in [1.54, 1.807) is 26.0 Å². The lowest BCUT2D eigenvalue weighted by atomic mass is 10.0. The van der Waals surface area contributed by atoms with Crippen molar-refractivity contribution in [3.05, 3.63) is 22.4 Å². The molecule has 3 atom stereocenters. The number of carbonyl (C=O) groups excluding carboxylic acids is 2. The average Bonchev–Trinajstić information content (AvgIpc) is 3.07. The number of thiophene rings is 1. The van der Waals surface area contributed by atoms with E-state index in [1.807, 2.05) is 5.38 Å². The van der Waals surface area contributed by atoms with Gasteiger partial charge in [-0.3, -0.25) is 4.79 Å². The number of ketones is 1. The van der Waals surface area contributed by atoms with Gasteiger partial charge in [0.2, 0.25) is 0 Å². The molecule has 2 unspecified atom stereocenters. The Labute approximate surface area is 127 Å². The van der Waals surface area contributed by atoms with Crippen molar-refractivity contribution >= 4 is 29.1 Å². The Kier molecular flexibility index (Phi) is 4.58. The number of imide groups is 1. The van der Waals surface area contributed by atoms with Crippen molar-refractivity contribution in [1.82, 2.24) is 0 Å². The number of hydrogen-bond acceptors (Lipinski definition) is 4. The van der Waals surface area contributed by atoms with Gasteiger partial charge < -0.3 is 5.11 Å². The van der Waals surface area contributed by atoms with Crippen molar-refractivity contribution in [2.75, 3.05) is 6.54 Å². The SMILES string of the molecule is CC(CC(=O)c1cccs1)C(=O)[N@@+]1(C(=O)O)CCCC1C. The van der Waals surface area contributed by atoms with E-state index in [0.717, 1.165) is 12.8 Å². The summed E-state index contributed by atoms with van der Waals surface area (Å²) in [5.74, 6) is -1.03. The molecule has 1 saturated heterocycles. The van der Waals surface area contributed by atoms with E-state index in [4.69, 9.17) is 0 Å². The lowest BCUT2D eigenvalue weighted by molar-refractivity contribution is -0.794. The third kappa shape index (κ3) is 2.78. The smallest absolute Gasteiger partial charge is 0.435 e. The fourth-order valence-electron chi connectivity index (χ4n) is 3.08. The van der Waals surface area contributed by atoms with Gasteiger partial charge in [-0.25, -0.2) is 4.79 Å². The summed E-state index contributed by atoms with van der Waals surface area (Å²) >= 11 is 1.34. The quantitative estimate of drug-likeness (QED) is 0.685. The van der Waals surface area contributed by atoms with Gasteiger partial charge in [-0.05, 0) is 25.3 Å². The Hall–Kier alpha value is -1.53. The van der Waals surface area contributed by atoms with Crippen LogP contribution in [0.4, 0.5) is 4.79 Å². The second-order valence-electron chi connectivity index (χ2n) is 5.71. The normalized spacial score (nSPS) is 26.5. The molecule has 0 spiro atoms. The maximum absolute atomic E-state index is 12.7. The highest BCUT2D eigenvalue weighted by atomic mass is 32.1. The van der Waals surface area contributed by atoms with Gasteiger partial charge in [-0.15, -0.1) is 11.3 Å². The van der Waals surface area contributed by atoms with Crippen molar-refractivity contribution in [3.63, 3.8) is 0 Å². The molecule has 0 aromatic carbocycles. The Bertz CT molecular complexity index is 554. The molecule has 0 aliphatic carbocycles. The summed E-state index contributed by atoms with van der Waals surface area (Å²) in [6.45, 7) is 3.78. The van der Waals surface area contributed by atoms with Crippen LogP contribution in [0.3, 0.4) is 0 Å². The number of amides is 2. The molecule has 1 aromatic rings. The van der Waals surface area contributed by atoms with Crippen LogP contribution in [0.15, 0.2) is 17.5 Å². The number of Topliss-reactive ketones (excluding diaryl/α,β-unsaturated/α-hetero) is 1. The number of nitrogens with zero attached hydrogens (tertiary/aromatic N) is 1. The molecular weight excluding hydrogens is 290 g/mol. The van der Waals surface area contributed by atoms with E-state index in [9.17, 15) is 19.5 Å². The van der Waals surface area contributed by atoms with Crippen molar-refractivity contribution in [3.8, 4) is 0 Å². The van der Waals surface area contributed by atoms with Crippen molar-refractivity contribution in [2.45, 2.75) is 39.2 Å². The average molecular weight is 310 g/mol. The molecule has 2 heterocycles. The van der Waals surface area contributed by atoms with Crippen LogP contribution in [-0.4, -0.2) is 40.0 Å². The second-order valence-corrected chi connectivity index (χ2v) is 6.66. The Balaban J connectivity index is 2.14. The van der Waals surface area contributed by atoms with Crippen LogP contribution in [0, 0.1) is 5.92 Å². The highest BCUT2D eigenvalue weighted by Gasteiger charge is 2.54. The van der Waals surface area contributed by atoms with E-state index in [0.29, 0.717) is 11.4 Å². The molecule has 6 heteroatoms. The summed E-state index contributed by atoms with van der Waals surface area (Å²) in [4.78, 5) is 37.0. The highest BCUT2D eigenvalue weighted by molar-refractivity contribution is 7.12. The second kappa shape index (κ2) is 6.07. The lowest BCUT2D eigenvalue weighted by Gasteiger charge is -2.31. The van der Waals surface area contributed by atoms with Gasteiger partial charge in [0.1, 0.15) is 6.04 Å². The molecule has 114 valence electrons. The summed E-state index contributed by atoms with van der Waals surface area (Å²) in [5.41, 5.74) is 0. The number of quaternary nitrogens is 1. The first-order valence-corrected chi connectivity index (χ1v) is 8.00. The van der Waals surface area contributed by atoms with Gasteiger partial charge in [-0.1, -0.05) is 6.07 Å². The van der Waals surface area contributed by atoms with E-state index in [1.165, 1.54) is 11.3 Å². The Morgan fingerprint density at radius 2 is 2.19 bits per heavy atom. The molecular formula is C15H20NO4S+. The fraction of sp³-hybridized carbons (Fsp3) is 0.533. The Morgan fingerprint density at radius 1 is 1.48 bits per heavy atom. The summed E-state index contributed by atoms with van der Waals surface area (Å²) < 4.78 is -0.529. The Morgan fingerprint density at radius 3 is 2.67 bits per heavy atom. The van der Waals surface area contributed by atoms with Gasteiger partial charge in [0.05, 0.1) is 17.3 Å². The van der Waals surface area contributed by atoms with E-state index in [-0.39, 0.29) is 24.2 Å². The minimum atomic E-state index is -1.10. The summed E-state index contributed by atoms with van der Waals surface area (Å²) in [6, 6.07) is 3.29. The third-order valence-corrected chi connectivity index (χ3v) is 5.24. The predicted molar refractivity (Wildman–Crippen MR) is 79.3 cm³/mol. The van der Waals surface area contributed by atoms with E-state index < -0.39 is 16.5 Å². The molecule has 0 bridgehead atoms. The largest absolute Gasteiger partial charge is 0.521 e. The van der Waals surface area contributed by atoms with Crippen molar-refractivity contribution in [2.24, 2.45) is 5.92 Å². The number of hydrogen-bond donors (Lipinski definition) is 1. The first kappa shape index (κ1) is 15.9. The molecule has 1 aliphatic rings. The molecule has 1 aliphatic heterocycles. The van der Waals surface area contributed by atoms with E-state index >= 15 is 0 Å². The number of likely N-dealkylation sites (tertiary alicyclic amines) is 1. The van der Waals surface area contributed by atoms with Crippen LogP contribution in [0.1, 0.15) is 42.8 Å². The summed E-state index contributed by atoms with van der Waals surface area (Å²) in [7, 11) is 0. The number of rotatable bonds is 4. The molecule has 2 amide bonds. The van der Waals surface area contributed by atoms with Gasteiger partial charge >= 0.3 is 12.0 Å². The highest BCUT2D eigenvalue weighted by Crippen LogP contribution is 2.31. The van der Waals surface area contributed by atoms with Crippen LogP contribution in [0.5, 0.6) is 0 Å². The van der Waals surface area contributed by atoms with E-state index in [2.05, 4.69) is 0 Å². The minimum absolute atomic E-state index is 0.0688. The number of carbonyl (C=O) groups is 3. The third-order valence-electron chi connectivity index (χ3n) is 4.33. The number of carboxylic acid groups (broad SMARTS) is 1. The van der Waals surface area contributed by atoms with Crippen LogP contribution in [0.2, 0.25) is 0 Å². The monoisotopic (exact) mass is 310 g/mol. The molecule has 0 radical (unpaired) electrons. The topological polar surface area (TPSA) is 71.4 Å². The lowest BCUT2D eigenvalue weighted by Crippen LogP contribution is -2.60. The maximum atomic E-state index is 12.7. The molecule has 2 rings (SSSR count). The summed E-state index contributed by atoms with van der Waals surface area (Å²) in [6.07, 6.45) is 0.425. The standard InChI is InChI=1S/C15H19NO4S/c1-10(9-12(17)13-6-4-8-21-13)14(18)16(15(19)20)7-3-5-11(16)2/h4,6,8,10-11H,3,5,7,9H2,1-2H3/p+1/t10?,11?,16-/m1/s1. The van der Waals surface area contributed by atoms with Gasteiger partial charge in [0.15, 0.2) is 5.78 Å². The summed E-state index contributed by atoms with van der Waals surface area (Å²) in [5, 5.41) is 11.4. The van der Waals surface area contributed by atoms with Crippen molar-refractivity contribution < 1.29 is 24.0 Å². The first-order valence-electron chi connectivity index (χ1n) is 7.12. The zero-order chi connectivity index (χ0) is 15.6. The minimum Gasteiger partial charge on any atom is -0.435 e.